The molecule has 0 aromatic carbocycles. The fraction of sp³-hybridized carbons (Fsp3) is 0.958. The molecule has 3 fully saturated rings. The third-order valence-corrected chi connectivity index (χ3v) is 8.19. The molecule has 17 nitrogen and oxygen atoms in total. The van der Waals surface area contributed by atoms with Crippen LogP contribution in [0, 0.1) is 5.92 Å². The summed E-state index contributed by atoms with van der Waals surface area (Å²) < 4.78 is 17.6. The van der Waals surface area contributed by atoms with E-state index in [9.17, 15) is 40.6 Å². The Morgan fingerprint density at radius 3 is 2.41 bits per heavy atom. The predicted molar refractivity (Wildman–Crippen MR) is 141 cm³/mol. The summed E-state index contributed by atoms with van der Waals surface area (Å²) in [6, 6.07) is -3.78. The first-order valence-corrected chi connectivity index (χ1v) is 13.9. The van der Waals surface area contributed by atoms with Gasteiger partial charge in [0.2, 0.25) is 0 Å². The number of aliphatic hydroxyl groups is 6. The van der Waals surface area contributed by atoms with Gasteiger partial charge in [0.15, 0.2) is 6.29 Å². The van der Waals surface area contributed by atoms with Gasteiger partial charge >= 0.3 is 6.03 Å². The lowest BCUT2D eigenvalue weighted by molar-refractivity contribution is -0.303. The van der Waals surface area contributed by atoms with Crippen LogP contribution < -0.4 is 27.4 Å². The maximum atomic E-state index is 12.6. The second-order valence-corrected chi connectivity index (χ2v) is 11.2. The molecular formula is C24H48N6O11. The highest BCUT2D eigenvalue weighted by Crippen LogP contribution is 2.37. The zero-order chi connectivity index (χ0) is 30.6. The first kappa shape index (κ1) is 34.2. The van der Waals surface area contributed by atoms with Crippen LogP contribution in [0.15, 0.2) is 0 Å². The highest BCUT2D eigenvalue weighted by Gasteiger charge is 2.56. The van der Waals surface area contributed by atoms with E-state index in [1.807, 2.05) is 6.92 Å². The number of nitrogens with one attached hydrogen (secondary N) is 3. The average molecular weight is 597 g/mol. The minimum atomic E-state index is -1.63. The van der Waals surface area contributed by atoms with E-state index < -0.39 is 90.8 Å². The number of urea groups is 1. The smallest absolute Gasteiger partial charge is 0.341 e. The molecule has 2 amide bonds. The minimum Gasteiger partial charge on any atom is -0.390 e. The lowest BCUT2D eigenvalue weighted by atomic mass is 9.72. The van der Waals surface area contributed by atoms with Crippen molar-refractivity contribution in [3.8, 4) is 0 Å². The van der Waals surface area contributed by atoms with Crippen molar-refractivity contribution >= 4 is 6.03 Å². The summed E-state index contributed by atoms with van der Waals surface area (Å²) in [5.41, 5.74) is 10.4. The molecule has 1 unspecified atom stereocenters. The topological polar surface area (TPSA) is 278 Å². The zero-order valence-corrected chi connectivity index (χ0v) is 23.6. The van der Waals surface area contributed by atoms with Gasteiger partial charge in [-0.05, 0) is 26.9 Å². The van der Waals surface area contributed by atoms with Gasteiger partial charge in [-0.3, -0.25) is 5.21 Å². The number of ether oxygens (including phenoxy) is 3. The molecule has 2 heterocycles. The van der Waals surface area contributed by atoms with Crippen LogP contribution in [-0.4, -0.2) is 166 Å². The number of carbonyl (C=O) groups is 1. The summed E-state index contributed by atoms with van der Waals surface area (Å²) in [6.07, 6.45) is -12.6. The fourth-order valence-corrected chi connectivity index (χ4v) is 5.98. The van der Waals surface area contributed by atoms with Crippen molar-refractivity contribution in [2.75, 3.05) is 39.8 Å². The molecule has 3 aliphatic rings. The number of hydroxylamine groups is 2. The van der Waals surface area contributed by atoms with Crippen LogP contribution in [-0.2, 0) is 14.2 Å². The highest BCUT2D eigenvalue weighted by molar-refractivity contribution is 5.73. The largest absolute Gasteiger partial charge is 0.390 e. The van der Waals surface area contributed by atoms with Gasteiger partial charge < -0.3 is 72.3 Å². The Bertz CT molecular complexity index is 846. The van der Waals surface area contributed by atoms with Crippen LogP contribution >= 0.6 is 0 Å². The number of hydrogen-bond donors (Lipinski definition) is 12. The molecule has 14 N–H and O–H groups in total. The van der Waals surface area contributed by atoms with Crippen molar-refractivity contribution in [2.45, 2.75) is 99.1 Å². The second kappa shape index (κ2) is 14.5. The average Bonchev–Trinajstić information content (AvgIpc) is 2.91. The Kier molecular flexibility index (Phi) is 12.1. The number of nitrogens with two attached hydrogens (primary N) is 2. The van der Waals surface area contributed by atoms with E-state index in [0.717, 1.165) is 0 Å². The van der Waals surface area contributed by atoms with Gasteiger partial charge in [-0.2, -0.15) is 0 Å². The Hall–Kier alpha value is -1.29. The Balaban J connectivity index is 1.90. The summed E-state index contributed by atoms with van der Waals surface area (Å²) in [5.74, 6) is -1.08. The van der Waals surface area contributed by atoms with E-state index in [0.29, 0.717) is 11.6 Å². The molecular weight excluding hydrogens is 548 g/mol. The quantitative estimate of drug-likeness (QED) is 0.0827. The van der Waals surface area contributed by atoms with Gasteiger partial charge in [0.05, 0.1) is 43.5 Å². The maximum Gasteiger partial charge on any atom is 0.341 e. The molecule has 240 valence electrons. The van der Waals surface area contributed by atoms with Crippen molar-refractivity contribution in [3.05, 3.63) is 0 Å². The molecule has 0 bridgehead atoms. The monoisotopic (exact) mass is 596 g/mol. The summed E-state index contributed by atoms with van der Waals surface area (Å²) in [4.78, 5) is 12.6. The molecule has 3 rings (SSSR count). The van der Waals surface area contributed by atoms with E-state index >= 15 is 0 Å². The zero-order valence-electron chi connectivity index (χ0n) is 23.6. The van der Waals surface area contributed by atoms with Crippen LogP contribution in [0.5, 0.6) is 0 Å². The van der Waals surface area contributed by atoms with Crippen LogP contribution in [0.2, 0.25) is 0 Å². The van der Waals surface area contributed by atoms with Crippen molar-refractivity contribution in [2.24, 2.45) is 17.4 Å². The molecule has 41 heavy (non-hydrogen) atoms. The van der Waals surface area contributed by atoms with Gasteiger partial charge in [-0.25, -0.2) is 9.86 Å². The number of carbonyl (C=O) groups excluding carboxylic acids is 1. The minimum absolute atomic E-state index is 0.0225. The van der Waals surface area contributed by atoms with E-state index in [2.05, 4.69) is 16.0 Å². The second-order valence-electron chi connectivity index (χ2n) is 11.2. The normalized spacial score (nSPS) is 45.3. The molecule has 2 aliphatic heterocycles. The number of rotatable bonds is 10. The Morgan fingerprint density at radius 2 is 1.80 bits per heavy atom. The maximum absolute atomic E-state index is 12.6. The van der Waals surface area contributed by atoms with Crippen molar-refractivity contribution in [1.29, 1.82) is 0 Å². The number of likely N-dealkylation sites (N-methyl/N-ethyl adjacent to an activating group) is 2. The van der Waals surface area contributed by atoms with Crippen molar-refractivity contribution < 1.29 is 54.9 Å². The third-order valence-electron chi connectivity index (χ3n) is 8.19. The molecule has 0 radical (unpaired) electrons. The molecule has 0 aromatic rings. The molecule has 17 heteroatoms. The first-order chi connectivity index (χ1) is 19.3. The van der Waals surface area contributed by atoms with E-state index in [4.69, 9.17) is 25.7 Å². The standard InChI is InChI=1S/C24H48N6O11/c1-4-28-8-12-14(31)16(33)17(34)20(40-12)13-10(26)7-11(29-23(36)30(38)6-5-25)19(15(13)32)41-22-18(35)21(27-3)24(2,37)9-39-22/h10-22,27-28,31-35,37-38H,4-9,25-26H2,1-3H3,(H,29,36)/t10-,11+,12+,13?,14+,15-,16-,17+,18+,19-,20+,21+,22+,24-/m0/s1. The van der Waals surface area contributed by atoms with E-state index in [1.165, 1.54) is 14.0 Å². The van der Waals surface area contributed by atoms with Gasteiger partial charge in [-0.1, -0.05) is 6.92 Å². The van der Waals surface area contributed by atoms with Gasteiger partial charge in [-0.15, -0.1) is 0 Å². The van der Waals surface area contributed by atoms with Crippen molar-refractivity contribution in [1.82, 2.24) is 21.0 Å². The van der Waals surface area contributed by atoms with Gasteiger partial charge in [0.25, 0.3) is 0 Å². The number of amides is 2. The van der Waals surface area contributed by atoms with Crippen LogP contribution in [0.3, 0.4) is 0 Å². The summed E-state index contributed by atoms with van der Waals surface area (Å²) in [7, 11) is 1.54. The van der Waals surface area contributed by atoms with E-state index in [-0.39, 0.29) is 32.7 Å². The number of nitrogens with zero attached hydrogens (tertiary/aromatic N) is 1. The van der Waals surface area contributed by atoms with Crippen molar-refractivity contribution in [3.63, 3.8) is 0 Å². The lowest BCUT2D eigenvalue weighted by Crippen LogP contribution is -2.71. The molecule has 1 aliphatic carbocycles. The first-order valence-electron chi connectivity index (χ1n) is 13.9. The molecule has 2 saturated heterocycles. The Labute approximate surface area is 238 Å². The Morgan fingerprint density at radius 1 is 1.12 bits per heavy atom. The predicted octanol–water partition coefficient (Wildman–Crippen LogP) is -5.68. The van der Waals surface area contributed by atoms with E-state index in [1.54, 1.807) is 0 Å². The summed E-state index contributed by atoms with van der Waals surface area (Å²) in [6.45, 7) is 3.58. The summed E-state index contributed by atoms with van der Waals surface area (Å²) >= 11 is 0. The van der Waals surface area contributed by atoms with Crippen LogP contribution in [0.25, 0.3) is 0 Å². The van der Waals surface area contributed by atoms with Crippen LogP contribution in [0.4, 0.5) is 4.79 Å². The summed E-state index contributed by atoms with van der Waals surface area (Å²) in [5, 5.41) is 83.9. The molecule has 14 atom stereocenters. The van der Waals surface area contributed by atoms with Gasteiger partial charge in [0, 0.05) is 25.0 Å². The van der Waals surface area contributed by atoms with Gasteiger partial charge in [0.1, 0.15) is 36.1 Å². The molecule has 1 saturated carbocycles. The van der Waals surface area contributed by atoms with Crippen LogP contribution in [0.1, 0.15) is 20.3 Å². The highest BCUT2D eigenvalue weighted by atomic mass is 16.7. The SMILES string of the molecule is CCNC[C@H]1O[C@H](C2[C@@H](N)C[C@@H](NC(=O)N(O)CCN)[C@H](O[C@H]3OC[C@](C)(O)[C@H](NC)[C@H]3O)[C@H]2O)[C@H](O)[C@@H](O)[C@@H]1O. The fourth-order valence-electron chi connectivity index (χ4n) is 5.98. The molecule has 0 spiro atoms. The lowest BCUT2D eigenvalue weighted by Gasteiger charge is -2.52. The third kappa shape index (κ3) is 7.44. The number of hydrogen-bond acceptors (Lipinski definition) is 15. The molecule has 0 aromatic heterocycles. The number of aliphatic hydroxyl groups excluding tert-OH is 5.